The molecule has 0 radical (unpaired) electrons. The van der Waals surface area contributed by atoms with Crippen LogP contribution in [0.15, 0.2) is 59.7 Å². The van der Waals surface area contributed by atoms with Crippen LogP contribution in [0.3, 0.4) is 0 Å². The van der Waals surface area contributed by atoms with Crippen LogP contribution in [0.2, 0.25) is 0 Å². The number of imidazole rings is 1. The maximum Gasteiger partial charge on any atom is 0.433 e. The van der Waals surface area contributed by atoms with E-state index in [-0.39, 0.29) is 42.0 Å². The average Bonchev–Trinajstić information content (AvgIpc) is 3.73. The molecular formula is C41H42F3N9O4. The summed E-state index contributed by atoms with van der Waals surface area (Å²) >= 11 is 0. The molecule has 4 aromatic heterocycles. The zero-order valence-electron chi connectivity index (χ0n) is 31.4. The van der Waals surface area contributed by atoms with Gasteiger partial charge in [-0.1, -0.05) is 24.0 Å². The van der Waals surface area contributed by atoms with Gasteiger partial charge in [-0.25, -0.2) is 14.8 Å². The molecule has 57 heavy (non-hydrogen) atoms. The van der Waals surface area contributed by atoms with Crippen LogP contribution >= 0.6 is 0 Å². The van der Waals surface area contributed by atoms with Crippen molar-refractivity contribution >= 4 is 45.5 Å². The first kappa shape index (κ1) is 38.1. The molecule has 6 heterocycles. The molecule has 3 amide bonds. The lowest BCUT2D eigenvalue weighted by atomic mass is 9.78. The van der Waals surface area contributed by atoms with Crippen molar-refractivity contribution in [3.8, 4) is 11.8 Å². The molecule has 3 fully saturated rings. The van der Waals surface area contributed by atoms with Crippen molar-refractivity contribution in [2.45, 2.75) is 76.0 Å². The van der Waals surface area contributed by atoms with Gasteiger partial charge in [-0.2, -0.15) is 18.3 Å². The van der Waals surface area contributed by atoms with E-state index in [0.717, 1.165) is 74.7 Å². The molecule has 1 atom stereocenters. The number of carbonyl (C=O) groups excluding carboxylic acids is 3. The highest BCUT2D eigenvalue weighted by atomic mass is 19.4. The van der Waals surface area contributed by atoms with E-state index < -0.39 is 29.7 Å². The molecular weight excluding hydrogens is 740 g/mol. The second-order valence-corrected chi connectivity index (χ2v) is 15.4. The Hall–Kier alpha value is -5.82. The van der Waals surface area contributed by atoms with Crippen LogP contribution in [-0.2, 0) is 22.8 Å². The Bertz CT molecular complexity index is 2480. The standard InChI is InChI=1S/C41H42F3N9O4/c1-50-37-27(5-2-8-32(37)53(40(50)57)33-14-15-36(54)48-39(33)56)6-4-18-51-19-16-26(17-20-51)21-25-10-12-29(13-11-25)52-24-28-22-35(45-23-31(28)49-52)47-38(55)30-7-3-9-34(46-30)41(42,43)44/h2-3,5,7-9,22-26,29,33H,10-21H2,1H3,(H,47,55)(H,48,54,56)/t25-,29-,33?. The first-order chi connectivity index (χ1) is 27.4. The number of aryl methyl sites for hydroxylation is 1. The van der Waals surface area contributed by atoms with E-state index in [1.165, 1.54) is 21.6 Å². The second-order valence-electron chi connectivity index (χ2n) is 15.4. The predicted octanol–water partition coefficient (Wildman–Crippen LogP) is 5.61. The van der Waals surface area contributed by atoms with E-state index >= 15 is 0 Å². The summed E-state index contributed by atoms with van der Waals surface area (Å²) in [6.07, 6.45) is 7.04. The monoisotopic (exact) mass is 781 g/mol. The minimum atomic E-state index is -4.65. The van der Waals surface area contributed by atoms with Crippen LogP contribution in [0.25, 0.3) is 21.9 Å². The summed E-state index contributed by atoms with van der Waals surface area (Å²) < 4.78 is 44.2. The number of alkyl halides is 3. The normalized spacial score (nSPS) is 21.0. The fourth-order valence-electron chi connectivity index (χ4n) is 8.61. The van der Waals surface area contributed by atoms with Gasteiger partial charge in [0.15, 0.2) is 0 Å². The smallest absolute Gasteiger partial charge is 0.305 e. The Labute approximate surface area is 325 Å². The minimum Gasteiger partial charge on any atom is -0.305 e. The molecule has 13 nitrogen and oxygen atoms in total. The number of amides is 3. The van der Waals surface area contributed by atoms with E-state index in [4.69, 9.17) is 5.10 Å². The van der Waals surface area contributed by atoms with E-state index in [0.29, 0.717) is 34.9 Å². The fraction of sp³-hybridized carbons (Fsp3) is 0.439. The molecule has 1 aliphatic carbocycles. The zero-order chi connectivity index (χ0) is 39.8. The van der Waals surface area contributed by atoms with Crippen LogP contribution in [0.4, 0.5) is 19.0 Å². The molecule has 2 aliphatic heterocycles. The van der Waals surface area contributed by atoms with Crippen LogP contribution in [0.1, 0.15) is 91.6 Å². The highest BCUT2D eigenvalue weighted by Crippen LogP contribution is 2.38. The number of carbonyl (C=O) groups is 3. The first-order valence-corrected chi connectivity index (χ1v) is 19.4. The molecule has 3 aliphatic rings. The predicted molar refractivity (Wildman–Crippen MR) is 205 cm³/mol. The lowest BCUT2D eigenvalue weighted by molar-refractivity contribution is -0.141. The van der Waals surface area contributed by atoms with Gasteiger partial charge in [0.25, 0.3) is 5.91 Å². The molecule has 5 aromatic rings. The Morgan fingerprint density at radius 2 is 1.74 bits per heavy atom. The summed E-state index contributed by atoms with van der Waals surface area (Å²) in [4.78, 5) is 60.2. The largest absolute Gasteiger partial charge is 0.433 e. The van der Waals surface area contributed by atoms with Crippen LogP contribution in [-0.4, -0.2) is 71.1 Å². The summed E-state index contributed by atoms with van der Waals surface area (Å²) in [6.45, 7) is 2.59. The van der Waals surface area contributed by atoms with E-state index in [1.54, 1.807) is 19.3 Å². The molecule has 2 N–H and O–H groups in total. The number of fused-ring (bicyclic) bond motifs is 2. The molecule has 0 spiro atoms. The summed E-state index contributed by atoms with van der Waals surface area (Å²) in [5, 5.41) is 10.4. The summed E-state index contributed by atoms with van der Waals surface area (Å²) in [5.74, 6) is 6.58. The number of nitrogens with one attached hydrogen (secondary N) is 2. The number of anilines is 1. The highest BCUT2D eigenvalue weighted by Gasteiger charge is 2.34. The molecule has 1 aromatic carbocycles. The van der Waals surface area contributed by atoms with Gasteiger partial charge in [0, 0.05) is 25.1 Å². The number of halogens is 3. The van der Waals surface area contributed by atoms with Crippen molar-refractivity contribution in [3.05, 3.63) is 82.3 Å². The highest BCUT2D eigenvalue weighted by molar-refractivity contribution is 6.03. The van der Waals surface area contributed by atoms with Crippen LogP contribution < -0.4 is 16.3 Å². The third-order valence-corrected chi connectivity index (χ3v) is 11.6. The van der Waals surface area contributed by atoms with E-state index in [2.05, 4.69) is 37.3 Å². The Balaban J connectivity index is 0.811. The van der Waals surface area contributed by atoms with Crippen LogP contribution in [0, 0.1) is 23.7 Å². The number of imide groups is 1. The Morgan fingerprint density at radius 3 is 2.49 bits per heavy atom. The number of rotatable bonds is 7. The van der Waals surface area contributed by atoms with Crippen molar-refractivity contribution in [3.63, 3.8) is 0 Å². The number of pyridine rings is 2. The lowest BCUT2D eigenvalue weighted by Gasteiger charge is -2.35. The van der Waals surface area contributed by atoms with Crippen molar-refractivity contribution < 1.29 is 27.6 Å². The quantitative estimate of drug-likeness (QED) is 0.160. The molecule has 16 heteroatoms. The zero-order valence-corrected chi connectivity index (χ0v) is 31.4. The second kappa shape index (κ2) is 15.6. The van der Waals surface area contributed by atoms with Gasteiger partial charge < -0.3 is 5.32 Å². The van der Waals surface area contributed by atoms with Gasteiger partial charge in [-0.15, -0.1) is 0 Å². The number of para-hydroxylation sites is 1. The molecule has 8 rings (SSSR count). The van der Waals surface area contributed by atoms with Gasteiger partial charge in [0.05, 0.1) is 35.4 Å². The lowest BCUT2D eigenvalue weighted by Crippen LogP contribution is -2.44. The van der Waals surface area contributed by atoms with Gasteiger partial charge >= 0.3 is 11.9 Å². The van der Waals surface area contributed by atoms with Crippen LogP contribution in [0.5, 0.6) is 0 Å². The number of aromatic nitrogens is 6. The minimum absolute atomic E-state index is 0.188. The van der Waals surface area contributed by atoms with Crippen molar-refractivity contribution in [1.29, 1.82) is 0 Å². The Kier molecular flexibility index (Phi) is 10.4. The van der Waals surface area contributed by atoms with Crippen molar-refractivity contribution in [1.82, 2.24) is 39.1 Å². The molecule has 296 valence electrons. The number of piperidine rings is 2. The molecule has 1 saturated carbocycles. The first-order valence-electron chi connectivity index (χ1n) is 19.4. The number of nitrogens with zero attached hydrogens (tertiary/aromatic N) is 7. The number of hydrogen-bond acceptors (Lipinski definition) is 8. The van der Waals surface area contributed by atoms with Gasteiger partial charge in [-0.05, 0) is 107 Å². The summed E-state index contributed by atoms with van der Waals surface area (Å²) in [6, 6.07) is 9.93. The topological polar surface area (TPSA) is 149 Å². The molecule has 2 saturated heterocycles. The maximum absolute atomic E-state index is 13.2. The maximum atomic E-state index is 13.2. The average molecular weight is 782 g/mol. The van der Waals surface area contributed by atoms with E-state index in [9.17, 15) is 32.3 Å². The van der Waals surface area contributed by atoms with Gasteiger partial charge in [0.2, 0.25) is 11.8 Å². The third-order valence-electron chi connectivity index (χ3n) is 11.6. The molecule has 1 unspecified atom stereocenters. The van der Waals surface area contributed by atoms with Crippen molar-refractivity contribution in [2.75, 3.05) is 25.0 Å². The van der Waals surface area contributed by atoms with E-state index in [1.807, 2.05) is 29.1 Å². The number of likely N-dealkylation sites (tertiary alicyclic amines) is 1. The number of hydrogen-bond donors (Lipinski definition) is 2. The summed E-state index contributed by atoms with van der Waals surface area (Å²) in [7, 11) is 1.68. The van der Waals surface area contributed by atoms with Gasteiger partial charge in [0.1, 0.15) is 28.8 Å². The molecule has 0 bridgehead atoms. The fourth-order valence-corrected chi connectivity index (χ4v) is 8.61. The number of benzene rings is 1. The summed E-state index contributed by atoms with van der Waals surface area (Å²) in [5.41, 5.74) is 0.921. The van der Waals surface area contributed by atoms with Gasteiger partial charge in [-0.3, -0.25) is 38.4 Å². The Morgan fingerprint density at radius 1 is 0.982 bits per heavy atom. The SMILES string of the molecule is Cn1c(=O)n(C2CCC(=O)NC2=O)c2cccc(C#CCN3CCC(C[C@H]4CC[C@H](n5cc6cc(NC(=O)c7cccc(C(F)(F)F)n7)ncc6n5)CC4)CC3)c21. The van der Waals surface area contributed by atoms with Crippen molar-refractivity contribution in [2.24, 2.45) is 18.9 Å². The third kappa shape index (κ3) is 8.06.